The Balaban J connectivity index is 1.36. The molecule has 3 aromatic rings. The molecule has 186 valence electrons. The third-order valence-electron chi connectivity index (χ3n) is 7.09. The molecule has 9 N–H and O–H groups in total. The van der Waals surface area contributed by atoms with Gasteiger partial charge in [0.2, 0.25) is 17.8 Å². The Hall–Kier alpha value is -3.64. The van der Waals surface area contributed by atoms with E-state index in [1.165, 1.54) is 0 Å². The van der Waals surface area contributed by atoms with Gasteiger partial charge in [0.25, 0.3) is 0 Å². The number of hydrogen-bond donors (Lipinski definition) is 5. The van der Waals surface area contributed by atoms with E-state index in [-0.39, 0.29) is 30.0 Å². The molecule has 2 fully saturated rings. The minimum atomic E-state index is -0.159. The summed E-state index contributed by atoms with van der Waals surface area (Å²) in [6.45, 7) is 2.32. The summed E-state index contributed by atoms with van der Waals surface area (Å²) >= 11 is 0. The average Bonchev–Trinajstić information content (AvgIpc) is 3.34. The Kier molecular flexibility index (Phi) is 5.56. The van der Waals surface area contributed by atoms with Crippen LogP contribution in [0.1, 0.15) is 22.3 Å². The number of nitrogens with one attached hydrogen (secondary N) is 1. The van der Waals surface area contributed by atoms with Crippen molar-refractivity contribution in [2.24, 2.45) is 22.9 Å². The van der Waals surface area contributed by atoms with Crippen LogP contribution in [-0.4, -0.2) is 71.1 Å². The zero-order valence-corrected chi connectivity index (χ0v) is 19.8. The maximum atomic E-state index is 12.8. The lowest BCUT2D eigenvalue weighted by Crippen LogP contribution is -2.53. The molecule has 0 saturated carbocycles. The highest BCUT2D eigenvalue weighted by Crippen LogP contribution is 2.38. The lowest BCUT2D eigenvalue weighted by atomic mass is 10.0. The van der Waals surface area contributed by atoms with E-state index in [4.69, 9.17) is 37.9 Å². The molecule has 2 saturated heterocycles. The van der Waals surface area contributed by atoms with Gasteiger partial charge in [-0.3, -0.25) is 4.79 Å². The highest BCUT2D eigenvalue weighted by Gasteiger charge is 2.31. The molecule has 0 amide bonds. The molecule has 2 aliphatic heterocycles. The van der Waals surface area contributed by atoms with Crippen LogP contribution < -0.4 is 38.1 Å². The van der Waals surface area contributed by atoms with Crippen molar-refractivity contribution in [1.29, 1.82) is 0 Å². The first-order valence-corrected chi connectivity index (χ1v) is 12.2. The molecule has 0 spiro atoms. The molecule has 11 nitrogen and oxygen atoms in total. The fourth-order valence-corrected chi connectivity index (χ4v) is 5.29. The smallest absolute Gasteiger partial charge is 0.233 e. The number of hydrogen-bond acceptors (Lipinski definition) is 11. The minimum Gasteiger partial charge on any atom is -0.338 e. The van der Waals surface area contributed by atoms with Gasteiger partial charge in [-0.15, -0.1) is 0 Å². The average molecular weight is 487 g/mol. The summed E-state index contributed by atoms with van der Waals surface area (Å²) in [5.74, 6) is 1.43. The van der Waals surface area contributed by atoms with Gasteiger partial charge < -0.3 is 38.1 Å². The van der Waals surface area contributed by atoms with Crippen LogP contribution >= 0.6 is 0 Å². The highest BCUT2D eigenvalue weighted by molar-refractivity contribution is 6.22. The van der Waals surface area contributed by atoms with Gasteiger partial charge in [-0.05, 0) is 35.7 Å². The van der Waals surface area contributed by atoms with E-state index < -0.39 is 0 Å². The summed E-state index contributed by atoms with van der Waals surface area (Å²) in [6, 6.07) is 12.8. The molecule has 0 radical (unpaired) electrons. The first kappa shape index (κ1) is 22.8. The molecule has 0 bridgehead atoms. The molecule has 1 aromatic heterocycles. The maximum Gasteiger partial charge on any atom is 0.233 e. The van der Waals surface area contributed by atoms with Crippen LogP contribution in [-0.2, 0) is 0 Å². The van der Waals surface area contributed by atoms with Crippen LogP contribution in [0.4, 0.5) is 23.5 Å². The van der Waals surface area contributed by atoms with Crippen molar-refractivity contribution < 1.29 is 4.79 Å². The van der Waals surface area contributed by atoms with E-state index in [2.05, 4.69) is 5.32 Å². The number of rotatable bonds is 4. The van der Waals surface area contributed by atoms with Crippen molar-refractivity contribution in [1.82, 2.24) is 15.0 Å². The summed E-state index contributed by atoms with van der Waals surface area (Å²) in [6.07, 6.45) is 0.755. The number of nitrogens with zero attached hydrogens (tertiary/aromatic N) is 5. The molecular weight excluding hydrogens is 456 g/mol. The lowest BCUT2D eigenvalue weighted by Gasteiger charge is -2.35. The second-order valence-electron chi connectivity index (χ2n) is 9.91. The molecule has 3 heterocycles. The van der Waals surface area contributed by atoms with Gasteiger partial charge in [0.15, 0.2) is 5.78 Å². The SMILES string of the molecule is N[C@@H]1C[C@H](N)CN(c2nc(Nc3ccc4c(c3)-c3ccccc3C4=O)nc(N3C[C@@H](N)[C@@H](N)C3)n2)C1. The predicted molar refractivity (Wildman–Crippen MR) is 139 cm³/mol. The summed E-state index contributed by atoms with van der Waals surface area (Å²) < 4.78 is 0. The van der Waals surface area contributed by atoms with E-state index in [0.717, 1.165) is 23.2 Å². The lowest BCUT2D eigenvalue weighted by molar-refractivity contribution is 0.104. The molecule has 36 heavy (non-hydrogen) atoms. The van der Waals surface area contributed by atoms with Crippen LogP contribution in [0, 0.1) is 0 Å². The van der Waals surface area contributed by atoms with Crippen molar-refractivity contribution >= 4 is 29.3 Å². The van der Waals surface area contributed by atoms with Crippen LogP contribution in [0.15, 0.2) is 42.5 Å². The number of ketones is 1. The molecule has 6 rings (SSSR count). The van der Waals surface area contributed by atoms with Gasteiger partial charge in [-0.25, -0.2) is 0 Å². The normalized spacial score (nSPS) is 25.2. The van der Waals surface area contributed by atoms with Crippen LogP contribution in [0.25, 0.3) is 11.1 Å². The largest absolute Gasteiger partial charge is 0.338 e. The van der Waals surface area contributed by atoms with E-state index >= 15 is 0 Å². The molecule has 0 unspecified atom stereocenters. The second kappa shape index (κ2) is 8.79. The number of carbonyl (C=O) groups is 1. The maximum absolute atomic E-state index is 12.8. The third kappa shape index (κ3) is 4.05. The van der Waals surface area contributed by atoms with Gasteiger partial charge in [-0.1, -0.05) is 24.3 Å². The Labute approximate surface area is 208 Å². The number of piperidine rings is 1. The Bertz CT molecular complexity index is 1310. The molecule has 3 aliphatic rings. The fourth-order valence-electron chi connectivity index (χ4n) is 5.29. The number of anilines is 4. The van der Waals surface area contributed by atoms with Gasteiger partial charge >= 0.3 is 0 Å². The number of fused-ring (bicyclic) bond motifs is 3. The Morgan fingerprint density at radius 1 is 0.722 bits per heavy atom. The summed E-state index contributed by atoms with van der Waals surface area (Å²) in [5.41, 5.74) is 28.8. The molecule has 4 atom stereocenters. The quantitative estimate of drug-likeness (QED) is 0.265. The van der Waals surface area contributed by atoms with Crippen LogP contribution in [0.2, 0.25) is 0 Å². The van der Waals surface area contributed by atoms with Crippen molar-refractivity contribution in [3.05, 3.63) is 53.6 Å². The number of benzene rings is 2. The van der Waals surface area contributed by atoms with E-state index in [0.29, 0.717) is 55.2 Å². The van der Waals surface area contributed by atoms with E-state index in [1.807, 2.05) is 52.3 Å². The van der Waals surface area contributed by atoms with Gasteiger partial charge in [-0.2, -0.15) is 15.0 Å². The molecule has 2 aromatic carbocycles. The predicted octanol–water partition coefficient (Wildman–Crippen LogP) is 0.166. The van der Waals surface area contributed by atoms with Crippen LogP contribution in [0.5, 0.6) is 0 Å². The number of nitrogens with two attached hydrogens (primary N) is 4. The molecule has 11 heteroatoms. The zero-order valence-electron chi connectivity index (χ0n) is 19.8. The fraction of sp³-hybridized carbons (Fsp3) is 0.360. The van der Waals surface area contributed by atoms with Gasteiger partial charge in [0, 0.05) is 67.2 Å². The van der Waals surface area contributed by atoms with E-state index in [1.54, 1.807) is 0 Å². The van der Waals surface area contributed by atoms with Gasteiger partial charge in [0.05, 0.1) is 0 Å². The number of carbonyl (C=O) groups excluding carboxylic acids is 1. The summed E-state index contributed by atoms with van der Waals surface area (Å²) in [4.78, 5) is 30.9. The van der Waals surface area contributed by atoms with Gasteiger partial charge in [0.1, 0.15) is 0 Å². The van der Waals surface area contributed by atoms with E-state index in [9.17, 15) is 4.79 Å². The summed E-state index contributed by atoms with van der Waals surface area (Å²) in [5, 5.41) is 3.32. The summed E-state index contributed by atoms with van der Waals surface area (Å²) in [7, 11) is 0. The van der Waals surface area contributed by atoms with Crippen molar-refractivity contribution in [2.75, 3.05) is 41.3 Å². The monoisotopic (exact) mass is 486 g/mol. The first-order chi connectivity index (χ1) is 17.4. The van der Waals surface area contributed by atoms with Crippen LogP contribution in [0.3, 0.4) is 0 Å². The number of aromatic nitrogens is 3. The highest BCUT2D eigenvalue weighted by atomic mass is 16.1. The topological polar surface area (TPSA) is 178 Å². The van der Waals surface area contributed by atoms with Crippen molar-refractivity contribution in [2.45, 2.75) is 30.6 Å². The molecule has 1 aliphatic carbocycles. The van der Waals surface area contributed by atoms with Crippen molar-refractivity contribution in [3.8, 4) is 11.1 Å². The minimum absolute atomic E-state index is 0.0383. The van der Waals surface area contributed by atoms with Crippen molar-refractivity contribution in [3.63, 3.8) is 0 Å². The standard InChI is InChI=1S/C25H30N10O/c26-13-7-14(27)10-34(9-13)24-31-23(32-25(33-24)35-11-20(28)21(29)12-35)30-15-5-6-18-19(8-15)16-3-1-2-4-17(16)22(18)36/h1-6,8,13-14,20-21H,7,9-12,26-29H2,(H,30,31,32,33)/t13-,14+,20-,21+. The first-order valence-electron chi connectivity index (χ1n) is 12.2. The zero-order chi connectivity index (χ0) is 25.0. The molecular formula is C25H30N10O. The Morgan fingerprint density at radius 2 is 1.31 bits per heavy atom. The Morgan fingerprint density at radius 3 is 1.97 bits per heavy atom. The third-order valence-corrected chi connectivity index (χ3v) is 7.09. The second-order valence-corrected chi connectivity index (χ2v) is 9.91.